The maximum absolute atomic E-state index is 12.3. The van der Waals surface area contributed by atoms with Crippen molar-refractivity contribution in [2.24, 2.45) is 0 Å². The molecule has 6 nitrogen and oxygen atoms in total. The Labute approximate surface area is 156 Å². The third-order valence-corrected chi connectivity index (χ3v) is 5.30. The van der Waals surface area contributed by atoms with Crippen molar-refractivity contribution in [1.29, 1.82) is 0 Å². The fourth-order valence-corrected chi connectivity index (χ4v) is 3.31. The predicted molar refractivity (Wildman–Crippen MR) is 93.5 cm³/mol. The molecule has 1 unspecified atom stereocenters. The first-order chi connectivity index (χ1) is 12.6. The molecule has 1 fully saturated rings. The molecule has 1 aromatic rings. The molecule has 10 heteroatoms. The van der Waals surface area contributed by atoms with Gasteiger partial charge in [-0.2, -0.15) is 21.6 Å². The summed E-state index contributed by atoms with van der Waals surface area (Å²) in [6.45, 7) is 4.79. The van der Waals surface area contributed by atoms with Crippen LogP contribution >= 0.6 is 0 Å². The first-order valence-electron chi connectivity index (χ1n) is 8.71. The molecule has 1 aromatic carbocycles. The van der Waals surface area contributed by atoms with Crippen LogP contribution in [0.25, 0.3) is 0 Å². The average molecular weight is 408 g/mol. The Balaban J connectivity index is 1.82. The number of nitrogens with one attached hydrogen (secondary N) is 1. The third-order valence-electron chi connectivity index (χ3n) is 4.32. The molecule has 2 rings (SSSR count). The van der Waals surface area contributed by atoms with Crippen molar-refractivity contribution in [3.05, 3.63) is 29.8 Å². The molecule has 0 saturated carbocycles. The van der Waals surface area contributed by atoms with Gasteiger partial charge in [0.1, 0.15) is 5.75 Å². The highest BCUT2D eigenvalue weighted by Gasteiger charge is 2.48. The van der Waals surface area contributed by atoms with Gasteiger partial charge in [-0.3, -0.25) is 4.79 Å². The van der Waals surface area contributed by atoms with E-state index in [4.69, 9.17) is 0 Å². The van der Waals surface area contributed by atoms with Gasteiger partial charge in [0.05, 0.1) is 6.04 Å². The van der Waals surface area contributed by atoms with Crippen molar-refractivity contribution in [3.63, 3.8) is 0 Å². The van der Waals surface area contributed by atoms with Crippen LogP contribution in [0.3, 0.4) is 0 Å². The number of amides is 1. The van der Waals surface area contributed by atoms with Crippen LogP contribution in [0.15, 0.2) is 24.3 Å². The number of likely N-dealkylation sites (tertiary alicyclic amines) is 1. The van der Waals surface area contributed by atoms with Crippen LogP contribution in [0.5, 0.6) is 5.75 Å². The molecule has 1 heterocycles. The predicted octanol–water partition coefficient (Wildman–Crippen LogP) is 2.97. The minimum Gasteiger partial charge on any atom is -0.376 e. The number of carbonyl (C=O) groups is 1. The maximum Gasteiger partial charge on any atom is 0.534 e. The molecule has 0 bridgehead atoms. The number of carbonyl (C=O) groups excluding carboxylic acids is 1. The van der Waals surface area contributed by atoms with Gasteiger partial charge in [-0.25, -0.2) is 0 Å². The Kier molecular flexibility index (Phi) is 7.10. The zero-order valence-electron chi connectivity index (χ0n) is 15.0. The quantitative estimate of drug-likeness (QED) is 0.529. The van der Waals surface area contributed by atoms with Crippen molar-refractivity contribution < 1.29 is 30.6 Å². The number of halogens is 3. The van der Waals surface area contributed by atoms with E-state index in [-0.39, 0.29) is 11.9 Å². The molecule has 1 N–H and O–H groups in total. The van der Waals surface area contributed by atoms with Crippen molar-refractivity contribution in [3.8, 4) is 5.75 Å². The topological polar surface area (TPSA) is 75.7 Å². The minimum atomic E-state index is -5.69. The largest absolute Gasteiger partial charge is 0.534 e. The lowest BCUT2D eigenvalue weighted by Crippen LogP contribution is -2.28. The molecule has 1 amide bonds. The number of alkyl halides is 3. The van der Waals surface area contributed by atoms with Gasteiger partial charge in [0.25, 0.3) is 0 Å². The van der Waals surface area contributed by atoms with Crippen molar-refractivity contribution >= 4 is 16.0 Å². The van der Waals surface area contributed by atoms with E-state index in [1.54, 1.807) is 6.92 Å². The molecule has 0 radical (unpaired) electrons. The number of nitrogens with zero attached hydrogens (tertiary/aromatic N) is 1. The van der Waals surface area contributed by atoms with Gasteiger partial charge in [0.2, 0.25) is 5.91 Å². The second-order valence-corrected chi connectivity index (χ2v) is 8.03. The van der Waals surface area contributed by atoms with E-state index in [2.05, 4.69) is 14.4 Å². The van der Waals surface area contributed by atoms with E-state index < -0.39 is 21.4 Å². The lowest BCUT2D eigenvalue weighted by atomic mass is 10.1. The molecular formula is C17H23F3N2O4S. The Morgan fingerprint density at radius 3 is 2.37 bits per heavy atom. The maximum atomic E-state index is 12.3. The van der Waals surface area contributed by atoms with Crippen LogP contribution in [0, 0.1) is 0 Å². The zero-order chi connectivity index (χ0) is 20.1. The number of benzene rings is 1. The first kappa shape index (κ1) is 21.5. The van der Waals surface area contributed by atoms with Gasteiger partial charge >= 0.3 is 15.6 Å². The van der Waals surface area contributed by atoms with Crippen LogP contribution in [-0.2, 0) is 14.9 Å². The van der Waals surface area contributed by atoms with E-state index in [0.29, 0.717) is 12.0 Å². The van der Waals surface area contributed by atoms with Crippen LogP contribution < -0.4 is 9.50 Å². The summed E-state index contributed by atoms with van der Waals surface area (Å²) in [6, 6.07) is 4.70. The van der Waals surface area contributed by atoms with Crippen molar-refractivity contribution in [1.82, 2.24) is 10.2 Å². The molecule has 1 saturated heterocycles. The van der Waals surface area contributed by atoms with Gasteiger partial charge in [-0.1, -0.05) is 12.1 Å². The SMILES string of the molecule is CC(NC(=O)CCCN1CCCC1)c1ccc(OS(=O)(=O)C(F)(F)F)cc1. The summed E-state index contributed by atoms with van der Waals surface area (Å²) < 4.78 is 62.9. The van der Waals surface area contributed by atoms with E-state index in [1.807, 2.05) is 0 Å². The summed E-state index contributed by atoms with van der Waals surface area (Å²) in [5, 5.41) is 2.82. The zero-order valence-corrected chi connectivity index (χ0v) is 15.8. The standard InChI is InChI=1S/C17H23F3N2O4S/c1-13(21-16(23)5-4-12-22-10-2-3-11-22)14-6-8-15(9-7-14)26-27(24,25)17(18,19)20/h6-9,13H,2-5,10-12H2,1H3,(H,21,23). The van der Waals surface area contributed by atoms with Crippen LogP contribution in [0.1, 0.15) is 44.2 Å². The Bertz CT molecular complexity index is 730. The van der Waals surface area contributed by atoms with Gasteiger partial charge in [0, 0.05) is 6.42 Å². The lowest BCUT2D eigenvalue weighted by molar-refractivity contribution is -0.121. The summed E-state index contributed by atoms with van der Waals surface area (Å²) >= 11 is 0. The normalized spacial score (nSPS) is 16.9. The highest BCUT2D eigenvalue weighted by Crippen LogP contribution is 2.27. The average Bonchev–Trinajstić information content (AvgIpc) is 3.07. The number of hydrogen-bond acceptors (Lipinski definition) is 5. The summed E-state index contributed by atoms with van der Waals surface area (Å²) in [7, 11) is -5.69. The van der Waals surface area contributed by atoms with Crippen LogP contribution in [0.2, 0.25) is 0 Å². The van der Waals surface area contributed by atoms with E-state index in [1.165, 1.54) is 25.0 Å². The monoisotopic (exact) mass is 408 g/mol. The Hall–Kier alpha value is -1.81. The van der Waals surface area contributed by atoms with Crippen molar-refractivity contribution in [2.75, 3.05) is 19.6 Å². The summed E-state index contributed by atoms with van der Waals surface area (Å²) in [5.74, 6) is -0.554. The van der Waals surface area contributed by atoms with Gasteiger partial charge in [-0.05, 0) is 63.5 Å². The first-order valence-corrected chi connectivity index (χ1v) is 10.1. The highest BCUT2D eigenvalue weighted by molar-refractivity contribution is 7.88. The second kappa shape index (κ2) is 8.92. The highest BCUT2D eigenvalue weighted by atomic mass is 32.2. The number of hydrogen-bond donors (Lipinski definition) is 1. The fraction of sp³-hybridized carbons (Fsp3) is 0.588. The van der Waals surface area contributed by atoms with Gasteiger partial charge in [-0.15, -0.1) is 0 Å². The third kappa shape index (κ3) is 6.39. The van der Waals surface area contributed by atoms with Crippen LogP contribution in [-0.4, -0.2) is 44.4 Å². The summed E-state index contributed by atoms with van der Waals surface area (Å²) in [6.07, 6.45) is 3.56. The van der Waals surface area contributed by atoms with Gasteiger partial charge in [0.15, 0.2) is 0 Å². The molecule has 152 valence electrons. The van der Waals surface area contributed by atoms with E-state index >= 15 is 0 Å². The molecule has 27 heavy (non-hydrogen) atoms. The fourth-order valence-electron chi connectivity index (χ4n) is 2.85. The Morgan fingerprint density at radius 1 is 1.22 bits per heavy atom. The molecule has 0 aromatic heterocycles. The molecular weight excluding hydrogens is 385 g/mol. The van der Waals surface area contributed by atoms with Gasteiger partial charge < -0.3 is 14.4 Å². The number of rotatable bonds is 8. The lowest BCUT2D eigenvalue weighted by Gasteiger charge is -2.17. The molecule has 1 atom stereocenters. The molecule has 0 spiro atoms. The van der Waals surface area contributed by atoms with E-state index in [0.717, 1.165) is 38.2 Å². The molecule has 0 aliphatic carbocycles. The molecule has 1 aliphatic heterocycles. The summed E-state index contributed by atoms with van der Waals surface area (Å²) in [4.78, 5) is 14.3. The van der Waals surface area contributed by atoms with E-state index in [9.17, 15) is 26.4 Å². The smallest absolute Gasteiger partial charge is 0.376 e. The Morgan fingerprint density at radius 2 is 1.81 bits per heavy atom. The minimum absolute atomic E-state index is 0.110. The van der Waals surface area contributed by atoms with Crippen molar-refractivity contribution in [2.45, 2.75) is 44.2 Å². The second-order valence-electron chi connectivity index (χ2n) is 6.49. The van der Waals surface area contributed by atoms with Crippen LogP contribution in [0.4, 0.5) is 13.2 Å². The molecule has 1 aliphatic rings. The summed E-state index contributed by atoms with van der Waals surface area (Å²) in [5.41, 5.74) is -4.86.